The summed E-state index contributed by atoms with van der Waals surface area (Å²) in [6.45, 7) is 5.09. The van der Waals surface area contributed by atoms with Gasteiger partial charge in [0, 0.05) is 30.8 Å². The summed E-state index contributed by atoms with van der Waals surface area (Å²) in [7, 11) is 0. The number of amides is 1. The predicted octanol–water partition coefficient (Wildman–Crippen LogP) is 3.21. The normalized spacial score (nSPS) is 18.7. The number of carbonyl (C=O) groups is 1. The number of piperidine rings is 1. The van der Waals surface area contributed by atoms with Crippen LogP contribution in [-0.4, -0.2) is 55.0 Å². The van der Waals surface area contributed by atoms with E-state index < -0.39 is 5.82 Å². The van der Waals surface area contributed by atoms with Crippen LogP contribution in [0, 0.1) is 18.7 Å². The Morgan fingerprint density at radius 2 is 2.03 bits per heavy atom. The second kappa shape index (κ2) is 9.20. The van der Waals surface area contributed by atoms with Crippen molar-refractivity contribution in [1.29, 1.82) is 0 Å². The van der Waals surface area contributed by atoms with Gasteiger partial charge in [-0.3, -0.25) is 4.79 Å². The van der Waals surface area contributed by atoms with Gasteiger partial charge >= 0.3 is 0 Å². The first-order chi connectivity index (χ1) is 15.0. The summed E-state index contributed by atoms with van der Waals surface area (Å²) in [5, 5.41) is 8.33. The van der Waals surface area contributed by atoms with Crippen LogP contribution in [0.3, 0.4) is 0 Å². The molecule has 0 aromatic carbocycles. The quantitative estimate of drug-likeness (QED) is 0.604. The Morgan fingerprint density at radius 1 is 1.23 bits per heavy atom. The summed E-state index contributed by atoms with van der Waals surface area (Å²) < 4.78 is 18.7. The molecule has 4 heterocycles. The van der Waals surface area contributed by atoms with E-state index in [1.54, 1.807) is 12.4 Å². The first-order valence-electron chi connectivity index (χ1n) is 10.4. The number of aromatic nitrogens is 5. The maximum Gasteiger partial charge on any atom is 0.275 e. The highest BCUT2D eigenvalue weighted by Gasteiger charge is 2.32. The molecule has 1 aliphatic rings. The summed E-state index contributed by atoms with van der Waals surface area (Å²) in [6, 6.07) is 6.49. The Labute approximate surface area is 180 Å². The van der Waals surface area contributed by atoms with Crippen LogP contribution in [0.2, 0.25) is 0 Å². The third-order valence-electron chi connectivity index (χ3n) is 5.49. The molecule has 0 radical (unpaired) electrons. The van der Waals surface area contributed by atoms with Crippen LogP contribution in [0.25, 0.3) is 5.69 Å². The number of nitrogens with zero attached hydrogens (tertiary/aromatic N) is 6. The van der Waals surface area contributed by atoms with E-state index in [1.165, 1.54) is 16.9 Å². The van der Waals surface area contributed by atoms with Gasteiger partial charge in [0.1, 0.15) is 11.5 Å². The molecule has 2 atom stereocenters. The summed E-state index contributed by atoms with van der Waals surface area (Å²) in [6.07, 6.45) is 6.73. The number of carbonyl (C=O) groups excluding carboxylic acids is 1. The van der Waals surface area contributed by atoms with Crippen LogP contribution in [0.1, 0.15) is 42.4 Å². The van der Waals surface area contributed by atoms with Gasteiger partial charge in [0.05, 0.1) is 25.2 Å². The summed E-state index contributed by atoms with van der Waals surface area (Å²) >= 11 is 0. The summed E-state index contributed by atoms with van der Waals surface area (Å²) in [5.74, 6) is 0.345. The van der Waals surface area contributed by atoms with Crippen molar-refractivity contribution in [3.05, 3.63) is 60.1 Å². The molecule has 1 amide bonds. The van der Waals surface area contributed by atoms with Gasteiger partial charge in [-0.2, -0.15) is 10.2 Å². The Balaban J connectivity index is 1.52. The molecule has 1 fully saturated rings. The van der Waals surface area contributed by atoms with Gasteiger partial charge in [-0.25, -0.2) is 14.4 Å². The van der Waals surface area contributed by atoms with Gasteiger partial charge in [0.2, 0.25) is 5.88 Å². The van der Waals surface area contributed by atoms with Gasteiger partial charge in [-0.15, -0.1) is 4.80 Å². The number of rotatable bonds is 6. The maximum atomic E-state index is 13.6. The van der Waals surface area contributed by atoms with Crippen molar-refractivity contribution in [2.24, 2.45) is 5.92 Å². The molecule has 4 rings (SSSR count). The van der Waals surface area contributed by atoms with Crippen LogP contribution in [0.5, 0.6) is 5.88 Å². The van der Waals surface area contributed by atoms with Crippen LogP contribution in [0.4, 0.5) is 4.39 Å². The molecule has 0 saturated carbocycles. The molecule has 3 aromatic heterocycles. The van der Waals surface area contributed by atoms with E-state index in [1.807, 2.05) is 24.0 Å². The lowest BCUT2D eigenvalue weighted by Gasteiger charge is -2.38. The van der Waals surface area contributed by atoms with Crippen molar-refractivity contribution in [1.82, 2.24) is 29.9 Å². The van der Waals surface area contributed by atoms with Crippen molar-refractivity contribution in [2.75, 3.05) is 13.2 Å². The van der Waals surface area contributed by atoms with Crippen LogP contribution in [0.15, 0.2) is 42.9 Å². The molecule has 31 heavy (non-hydrogen) atoms. The van der Waals surface area contributed by atoms with Crippen molar-refractivity contribution in [2.45, 2.75) is 39.2 Å². The monoisotopic (exact) mass is 424 g/mol. The lowest BCUT2D eigenvalue weighted by molar-refractivity contribution is 0.0514. The first kappa shape index (κ1) is 20.9. The highest BCUT2D eigenvalue weighted by atomic mass is 19.1. The zero-order chi connectivity index (χ0) is 21.8. The summed E-state index contributed by atoms with van der Waals surface area (Å²) in [4.78, 5) is 25.3. The molecule has 3 aromatic rings. The van der Waals surface area contributed by atoms with E-state index >= 15 is 0 Å². The second-order valence-electron chi connectivity index (χ2n) is 7.87. The molecule has 0 bridgehead atoms. The van der Waals surface area contributed by atoms with Gasteiger partial charge < -0.3 is 9.64 Å². The number of aryl methyl sites for hydroxylation is 1. The fourth-order valence-corrected chi connectivity index (χ4v) is 3.88. The van der Waals surface area contributed by atoms with Gasteiger partial charge in [0.25, 0.3) is 5.91 Å². The molecule has 0 spiro atoms. The smallest absolute Gasteiger partial charge is 0.275 e. The third-order valence-corrected chi connectivity index (χ3v) is 5.49. The minimum absolute atomic E-state index is 0.0115. The molecule has 9 heteroatoms. The lowest BCUT2D eigenvalue weighted by Crippen LogP contribution is -2.47. The molecule has 0 aliphatic carbocycles. The minimum atomic E-state index is -0.404. The molecule has 8 nitrogen and oxygen atoms in total. The van der Waals surface area contributed by atoms with Crippen molar-refractivity contribution in [3.63, 3.8) is 0 Å². The molecule has 162 valence electrons. The number of hydrogen-bond acceptors (Lipinski definition) is 6. The fraction of sp³-hybridized carbons (Fsp3) is 0.409. The predicted molar refractivity (Wildman–Crippen MR) is 111 cm³/mol. The van der Waals surface area contributed by atoms with E-state index in [2.05, 4.69) is 27.1 Å². The fourth-order valence-electron chi connectivity index (χ4n) is 3.88. The number of likely N-dealkylation sites (tertiary alicyclic amines) is 1. The summed E-state index contributed by atoms with van der Waals surface area (Å²) in [5.41, 5.74) is 1.66. The van der Waals surface area contributed by atoms with Crippen LogP contribution < -0.4 is 4.74 Å². The molecular formula is C22H25FN6O2. The number of pyridine rings is 2. The van der Waals surface area contributed by atoms with E-state index in [0.29, 0.717) is 42.8 Å². The Hall–Kier alpha value is -3.36. The van der Waals surface area contributed by atoms with Gasteiger partial charge in [-0.1, -0.05) is 6.92 Å². The average molecular weight is 424 g/mol. The molecule has 1 saturated heterocycles. The highest BCUT2D eigenvalue weighted by molar-refractivity contribution is 5.96. The average Bonchev–Trinajstić information content (AvgIpc) is 3.29. The molecule has 0 N–H and O–H groups in total. The van der Waals surface area contributed by atoms with Crippen LogP contribution >= 0.6 is 0 Å². The molecule has 1 aliphatic heterocycles. The topological polar surface area (TPSA) is 86.0 Å². The largest absolute Gasteiger partial charge is 0.478 e. The first-order valence-corrected chi connectivity index (χ1v) is 10.4. The van der Waals surface area contributed by atoms with E-state index in [0.717, 1.165) is 24.7 Å². The van der Waals surface area contributed by atoms with Crippen molar-refractivity contribution < 1.29 is 13.9 Å². The Kier molecular flexibility index (Phi) is 6.20. The van der Waals surface area contributed by atoms with E-state index in [9.17, 15) is 9.18 Å². The van der Waals surface area contributed by atoms with Crippen molar-refractivity contribution in [3.8, 4) is 11.6 Å². The number of halogens is 1. The minimum Gasteiger partial charge on any atom is -0.478 e. The Morgan fingerprint density at radius 3 is 2.77 bits per heavy atom. The molecule has 0 unspecified atom stereocenters. The second-order valence-corrected chi connectivity index (χ2v) is 7.87. The lowest BCUT2D eigenvalue weighted by atomic mass is 9.90. The SMILES string of the molecule is Cc1ccc(-n2nccn2)c(C(=O)N2CC[C@@H](C)C[C@H]2CCOc2ccc(F)cn2)n1. The highest BCUT2D eigenvalue weighted by Crippen LogP contribution is 2.27. The number of ether oxygens (including phenoxy) is 1. The standard InChI is InChI=1S/C22H25FN6O2/c1-15-7-11-28(18(13-15)8-12-31-20-6-4-17(23)14-24-20)22(30)21-19(5-3-16(2)27-21)29-25-9-10-26-29/h3-6,9-10,14-15,18H,7-8,11-13H2,1-2H3/t15-,18-/m1/s1. The van der Waals surface area contributed by atoms with E-state index in [-0.39, 0.29) is 11.9 Å². The van der Waals surface area contributed by atoms with E-state index in [4.69, 9.17) is 4.74 Å². The van der Waals surface area contributed by atoms with Gasteiger partial charge in [0.15, 0.2) is 5.69 Å². The number of hydrogen-bond donors (Lipinski definition) is 0. The maximum absolute atomic E-state index is 13.6. The third kappa shape index (κ3) is 4.87. The molecular weight excluding hydrogens is 399 g/mol. The zero-order valence-corrected chi connectivity index (χ0v) is 17.6. The van der Waals surface area contributed by atoms with Gasteiger partial charge in [-0.05, 0) is 43.9 Å². The van der Waals surface area contributed by atoms with Crippen LogP contribution in [-0.2, 0) is 0 Å². The Bertz CT molecular complexity index is 1020. The van der Waals surface area contributed by atoms with Crippen molar-refractivity contribution >= 4 is 5.91 Å². The zero-order valence-electron chi connectivity index (χ0n) is 17.6.